The summed E-state index contributed by atoms with van der Waals surface area (Å²) in [6.45, 7) is 10.3. The van der Waals surface area contributed by atoms with Gasteiger partial charge in [-0.2, -0.15) is 0 Å². The highest BCUT2D eigenvalue weighted by Crippen LogP contribution is 2.36. The second kappa shape index (κ2) is 9.42. The van der Waals surface area contributed by atoms with Gasteiger partial charge in [-0.25, -0.2) is 0 Å². The summed E-state index contributed by atoms with van der Waals surface area (Å²) < 4.78 is 0. The van der Waals surface area contributed by atoms with E-state index in [1.165, 1.54) is 32.0 Å². The molecular formula is C22H32N2S. The normalized spacial score (nSPS) is 11.5. The van der Waals surface area contributed by atoms with Crippen molar-refractivity contribution < 1.29 is 0 Å². The molecule has 0 atom stereocenters. The average molecular weight is 357 g/mol. The maximum Gasteiger partial charge on any atom is 0.0155 e. The van der Waals surface area contributed by atoms with Crippen LogP contribution in [-0.4, -0.2) is 13.1 Å². The molecule has 4 N–H and O–H groups in total. The fourth-order valence-corrected chi connectivity index (χ4v) is 4.03. The van der Waals surface area contributed by atoms with Gasteiger partial charge in [0.2, 0.25) is 0 Å². The maximum absolute atomic E-state index is 5.85. The van der Waals surface area contributed by atoms with Gasteiger partial charge in [0.15, 0.2) is 0 Å². The molecule has 0 aromatic heterocycles. The quantitative estimate of drug-likeness (QED) is 0.693. The Morgan fingerprint density at radius 3 is 1.44 bits per heavy atom. The third kappa shape index (κ3) is 5.34. The van der Waals surface area contributed by atoms with E-state index in [0.717, 1.165) is 12.8 Å². The first-order valence-electron chi connectivity index (χ1n) is 9.29. The van der Waals surface area contributed by atoms with Gasteiger partial charge in [-0.15, -0.1) is 0 Å². The summed E-state index contributed by atoms with van der Waals surface area (Å²) in [4.78, 5) is 2.62. The van der Waals surface area contributed by atoms with Crippen LogP contribution in [0.25, 0.3) is 0 Å². The van der Waals surface area contributed by atoms with Gasteiger partial charge in [-0.05, 0) is 72.2 Å². The fraction of sp³-hybridized carbons (Fsp3) is 0.455. The van der Waals surface area contributed by atoms with E-state index in [9.17, 15) is 0 Å². The van der Waals surface area contributed by atoms with Gasteiger partial charge in [-0.3, -0.25) is 0 Å². The summed E-state index contributed by atoms with van der Waals surface area (Å²) in [6.07, 6.45) is 1.83. The SMILES string of the molecule is CC(C)c1ccc(Sc2ccc(C(C)C)cc2CCN)c(CCN)c1. The topological polar surface area (TPSA) is 52.0 Å². The molecule has 0 saturated heterocycles. The molecule has 3 heteroatoms. The van der Waals surface area contributed by atoms with Crippen LogP contribution in [0.5, 0.6) is 0 Å². The van der Waals surface area contributed by atoms with Crippen molar-refractivity contribution in [3.05, 3.63) is 58.7 Å². The van der Waals surface area contributed by atoms with Crippen molar-refractivity contribution in [2.75, 3.05) is 13.1 Å². The van der Waals surface area contributed by atoms with Crippen molar-refractivity contribution in [1.29, 1.82) is 0 Å². The van der Waals surface area contributed by atoms with Crippen molar-refractivity contribution in [3.8, 4) is 0 Å². The van der Waals surface area contributed by atoms with Crippen LogP contribution in [0.3, 0.4) is 0 Å². The van der Waals surface area contributed by atoms with E-state index >= 15 is 0 Å². The zero-order chi connectivity index (χ0) is 18.4. The van der Waals surface area contributed by atoms with E-state index < -0.39 is 0 Å². The Labute approximate surface area is 157 Å². The predicted molar refractivity (Wildman–Crippen MR) is 111 cm³/mol. The largest absolute Gasteiger partial charge is 0.330 e. The molecule has 0 radical (unpaired) electrons. The summed E-state index contributed by atoms with van der Waals surface area (Å²) >= 11 is 1.85. The molecule has 0 fully saturated rings. The van der Waals surface area contributed by atoms with Crippen molar-refractivity contribution in [3.63, 3.8) is 0 Å². The lowest BCUT2D eigenvalue weighted by Crippen LogP contribution is -2.06. The van der Waals surface area contributed by atoms with Crippen LogP contribution in [0.2, 0.25) is 0 Å². The highest BCUT2D eigenvalue weighted by molar-refractivity contribution is 7.99. The molecule has 2 aromatic rings. The highest BCUT2D eigenvalue weighted by atomic mass is 32.2. The lowest BCUT2D eigenvalue weighted by molar-refractivity contribution is 0.850. The zero-order valence-electron chi connectivity index (χ0n) is 16.0. The van der Waals surface area contributed by atoms with Crippen LogP contribution >= 0.6 is 11.8 Å². The standard InChI is InChI=1S/C22H32N2S/c1-15(2)17-5-7-21(19(13-17)9-11-23)25-22-8-6-18(16(3)4)14-20(22)10-12-24/h5-8,13-16H,9-12,23-24H2,1-4H3. The molecule has 0 heterocycles. The number of hydrogen-bond acceptors (Lipinski definition) is 3. The Morgan fingerprint density at radius 1 is 0.720 bits per heavy atom. The molecule has 2 nitrogen and oxygen atoms in total. The van der Waals surface area contributed by atoms with Gasteiger partial charge in [0.05, 0.1) is 0 Å². The minimum Gasteiger partial charge on any atom is -0.330 e. The second-order valence-corrected chi connectivity index (χ2v) is 8.31. The molecule has 25 heavy (non-hydrogen) atoms. The average Bonchev–Trinajstić information content (AvgIpc) is 2.58. The second-order valence-electron chi connectivity index (χ2n) is 7.22. The van der Waals surface area contributed by atoms with E-state index in [1.54, 1.807) is 0 Å². The molecule has 0 aliphatic heterocycles. The third-order valence-corrected chi connectivity index (χ3v) is 5.79. The van der Waals surface area contributed by atoms with Crippen molar-refractivity contribution in [2.45, 2.75) is 62.2 Å². The lowest BCUT2D eigenvalue weighted by atomic mass is 9.99. The Morgan fingerprint density at radius 2 is 1.12 bits per heavy atom. The summed E-state index contributed by atoms with van der Waals surface area (Å²) in [5.41, 5.74) is 17.2. The Balaban J connectivity index is 2.37. The van der Waals surface area contributed by atoms with Crippen LogP contribution in [-0.2, 0) is 12.8 Å². The molecule has 2 rings (SSSR count). The molecule has 0 bridgehead atoms. The first-order chi connectivity index (χ1) is 12.0. The first-order valence-corrected chi connectivity index (χ1v) is 10.1. The fourth-order valence-electron chi connectivity index (χ4n) is 2.94. The molecular weight excluding hydrogens is 324 g/mol. The van der Waals surface area contributed by atoms with Crippen molar-refractivity contribution in [2.24, 2.45) is 11.5 Å². The zero-order valence-corrected chi connectivity index (χ0v) is 16.8. The summed E-state index contributed by atoms with van der Waals surface area (Å²) in [5, 5.41) is 0. The smallest absolute Gasteiger partial charge is 0.0155 e. The van der Waals surface area contributed by atoms with Gasteiger partial charge in [0, 0.05) is 9.79 Å². The maximum atomic E-state index is 5.85. The minimum absolute atomic E-state index is 0.536. The third-order valence-electron chi connectivity index (χ3n) is 4.55. The van der Waals surface area contributed by atoms with E-state index in [-0.39, 0.29) is 0 Å². The number of hydrogen-bond donors (Lipinski definition) is 2. The van der Waals surface area contributed by atoms with E-state index in [4.69, 9.17) is 11.5 Å². The summed E-state index contributed by atoms with van der Waals surface area (Å²) in [6, 6.07) is 13.7. The van der Waals surface area contributed by atoms with Crippen LogP contribution in [0, 0.1) is 0 Å². The van der Waals surface area contributed by atoms with Crippen molar-refractivity contribution in [1.82, 2.24) is 0 Å². The van der Waals surface area contributed by atoms with Gasteiger partial charge in [-0.1, -0.05) is 63.7 Å². The van der Waals surface area contributed by atoms with Crippen molar-refractivity contribution >= 4 is 11.8 Å². The van der Waals surface area contributed by atoms with Crippen LogP contribution in [0.15, 0.2) is 46.2 Å². The molecule has 0 unspecified atom stereocenters. The highest BCUT2D eigenvalue weighted by Gasteiger charge is 2.11. The van der Waals surface area contributed by atoms with Gasteiger partial charge in [0.25, 0.3) is 0 Å². The van der Waals surface area contributed by atoms with Gasteiger partial charge in [0.1, 0.15) is 0 Å². The Kier molecular flexibility index (Phi) is 7.55. The first kappa shape index (κ1) is 20.0. The number of benzene rings is 2. The molecule has 0 saturated carbocycles. The van der Waals surface area contributed by atoms with Crippen LogP contribution < -0.4 is 11.5 Å². The van der Waals surface area contributed by atoms with Crippen LogP contribution in [0.1, 0.15) is 61.8 Å². The monoisotopic (exact) mass is 356 g/mol. The van der Waals surface area contributed by atoms with E-state index in [1.807, 2.05) is 11.8 Å². The summed E-state index contributed by atoms with van der Waals surface area (Å²) in [5.74, 6) is 1.07. The molecule has 0 aliphatic rings. The van der Waals surface area contributed by atoms with Gasteiger partial charge >= 0.3 is 0 Å². The molecule has 0 spiro atoms. The number of nitrogens with two attached hydrogens (primary N) is 2. The minimum atomic E-state index is 0.536. The molecule has 0 amide bonds. The molecule has 2 aromatic carbocycles. The molecule has 0 aliphatic carbocycles. The van der Waals surface area contributed by atoms with Crippen LogP contribution in [0.4, 0.5) is 0 Å². The van der Waals surface area contributed by atoms with Gasteiger partial charge < -0.3 is 11.5 Å². The lowest BCUT2D eigenvalue weighted by Gasteiger charge is -2.16. The van der Waals surface area contributed by atoms with E-state index in [2.05, 4.69) is 64.1 Å². The molecule has 136 valence electrons. The predicted octanol–water partition coefficient (Wildman–Crippen LogP) is 5.09. The van der Waals surface area contributed by atoms with E-state index in [0.29, 0.717) is 24.9 Å². The summed E-state index contributed by atoms with van der Waals surface area (Å²) in [7, 11) is 0. The Hall–Kier alpha value is -1.29. The Bertz CT molecular complexity index is 633. The number of rotatable bonds is 8.